The number of esters is 1. The first kappa shape index (κ1) is 20.6. The number of carbonyl (C=O) groups excluding carboxylic acids is 3. The third kappa shape index (κ3) is 6.51. The molecule has 1 fully saturated rings. The summed E-state index contributed by atoms with van der Waals surface area (Å²) in [6, 6.07) is 4.56. The van der Waals surface area contributed by atoms with Crippen molar-refractivity contribution in [3.8, 4) is 5.75 Å². The van der Waals surface area contributed by atoms with Crippen LogP contribution < -0.4 is 10.1 Å². The fourth-order valence-corrected chi connectivity index (χ4v) is 3.00. The van der Waals surface area contributed by atoms with Crippen LogP contribution in [0.2, 0.25) is 0 Å². The molecule has 11 heteroatoms. The van der Waals surface area contributed by atoms with Crippen molar-refractivity contribution in [3.63, 3.8) is 0 Å². The van der Waals surface area contributed by atoms with Crippen LogP contribution in [0.1, 0.15) is 6.92 Å². The van der Waals surface area contributed by atoms with Crippen LogP contribution in [-0.2, 0) is 19.1 Å². The van der Waals surface area contributed by atoms with Crippen LogP contribution in [0.25, 0.3) is 0 Å². The van der Waals surface area contributed by atoms with Crippen molar-refractivity contribution in [2.75, 3.05) is 24.2 Å². The maximum absolute atomic E-state index is 12.1. The topological polar surface area (TPSA) is 84.9 Å². The van der Waals surface area contributed by atoms with Gasteiger partial charge in [-0.2, -0.15) is 0 Å². The highest BCUT2D eigenvalue weighted by Crippen LogP contribution is 2.29. The molecule has 146 valence electrons. The predicted molar refractivity (Wildman–Crippen MR) is 90.6 cm³/mol. The van der Waals surface area contributed by atoms with E-state index in [4.69, 9.17) is 4.74 Å². The molecule has 2 amide bonds. The Labute approximate surface area is 156 Å². The number of amides is 2. The zero-order valence-electron chi connectivity index (χ0n) is 14.0. The van der Waals surface area contributed by atoms with Gasteiger partial charge >= 0.3 is 12.3 Å². The first-order chi connectivity index (χ1) is 12.7. The average Bonchev–Trinajstić information content (AvgIpc) is 2.88. The van der Waals surface area contributed by atoms with E-state index in [2.05, 4.69) is 10.1 Å². The number of carbonyl (C=O) groups is 3. The summed E-state index contributed by atoms with van der Waals surface area (Å²) in [4.78, 5) is 36.7. The van der Waals surface area contributed by atoms with Gasteiger partial charge < -0.3 is 14.8 Å². The van der Waals surface area contributed by atoms with Gasteiger partial charge in [0.1, 0.15) is 12.3 Å². The molecular weight excluding hydrogens is 389 g/mol. The number of nitrogens with one attached hydrogen (secondary N) is 1. The molecule has 1 aliphatic heterocycles. The van der Waals surface area contributed by atoms with Gasteiger partial charge in [0.15, 0.2) is 0 Å². The number of rotatable bonds is 6. The molecule has 0 unspecified atom stereocenters. The standard InChI is InChI=1S/C16H15F3N2O5S/c1-2-25-15(24)7-14-21(13(23)9-27-14)8-12(22)20-10-3-5-11(6-4-10)26-16(17,18)19/h3-7H,2,8-9H2,1H3,(H,20,22). The molecule has 0 aliphatic carbocycles. The lowest BCUT2D eigenvalue weighted by molar-refractivity contribution is -0.274. The van der Waals surface area contributed by atoms with Crippen LogP contribution in [0.4, 0.5) is 18.9 Å². The van der Waals surface area contributed by atoms with Crippen LogP contribution in [0.3, 0.4) is 0 Å². The SMILES string of the molecule is CCOC(=O)C=C1SCC(=O)N1CC(=O)Nc1ccc(OC(F)(F)F)cc1. The minimum atomic E-state index is -4.81. The van der Waals surface area contributed by atoms with Crippen LogP contribution in [-0.4, -0.2) is 48.0 Å². The van der Waals surface area contributed by atoms with Crippen molar-refractivity contribution >= 4 is 35.2 Å². The number of nitrogens with zero attached hydrogens (tertiary/aromatic N) is 1. The summed E-state index contributed by atoms with van der Waals surface area (Å²) in [5.74, 6) is -1.89. The Hall–Kier alpha value is -2.69. The van der Waals surface area contributed by atoms with E-state index in [0.717, 1.165) is 34.9 Å². The van der Waals surface area contributed by atoms with Gasteiger partial charge in [-0.15, -0.1) is 13.2 Å². The summed E-state index contributed by atoms with van der Waals surface area (Å²) in [5, 5.41) is 2.75. The molecule has 0 atom stereocenters. The molecule has 2 rings (SSSR count). The first-order valence-corrected chi connectivity index (χ1v) is 8.64. The van der Waals surface area contributed by atoms with Gasteiger partial charge in [0, 0.05) is 5.69 Å². The van der Waals surface area contributed by atoms with Crippen molar-refractivity contribution in [2.24, 2.45) is 0 Å². The number of anilines is 1. The van der Waals surface area contributed by atoms with Crippen LogP contribution in [0, 0.1) is 0 Å². The maximum atomic E-state index is 12.1. The molecule has 7 nitrogen and oxygen atoms in total. The van der Waals surface area contributed by atoms with E-state index < -0.39 is 24.0 Å². The smallest absolute Gasteiger partial charge is 0.463 e. The fourth-order valence-electron chi connectivity index (χ4n) is 2.07. The first-order valence-electron chi connectivity index (χ1n) is 7.65. The summed E-state index contributed by atoms with van der Waals surface area (Å²) in [7, 11) is 0. The molecule has 1 aliphatic rings. The Morgan fingerprint density at radius 2 is 1.96 bits per heavy atom. The summed E-state index contributed by atoms with van der Waals surface area (Å²) >= 11 is 1.10. The molecule has 27 heavy (non-hydrogen) atoms. The summed E-state index contributed by atoms with van der Waals surface area (Å²) in [6.07, 6.45) is -3.67. The molecule has 1 saturated heterocycles. The number of benzene rings is 1. The van der Waals surface area contributed by atoms with E-state index in [1.54, 1.807) is 6.92 Å². The molecule has 0 saturated carbocycles. The Balaban J connectivity index is 1.97. The number of hydrogen-bond donors (Lipinski definition) is 1. The van der Waals surface area contributed by atoms with E-state index in [0.29, 0.717) is 5.03 Å². The van der Waals surface area contributed by atoms with Gasteiger partial charge in [0.05, 0.1) is 23.5 Å². The monoisotopic (exact) mass is 404 g/mol. The highest BCUT2D eigenvalue weighted by molar-refractivity contribution is 8.04. The number of ether oxygens (including phenoxy) is 2. The molecule has 1 N–H and O–H groups in total. The predicted octanol–water partition coefficient (Wildman–Crippen LogP) is 2.50. The normalized spacial score (nSPS) is 15.8. The Morgan fingerprint density at radius 3 is 2.56 bits per heavy atom. The van der Waals surface area contributed by atoms with Crippen LogP contribution in [0.15, 0.2) is 35.4 Å². The van der Waals surface area contributed by atoms with Gasteiger partial charge in [-0.1, -0.05) is 11.8 Å². The van der Waals surface area contributed by atoms with Crippen molar-refractivity contribution in [1.82, 2.24) is 4.90 Å². The molecule has 0 radical (unpaired) electrons. The van der Waals surface area contributed by atoms with E-state index in [1.165, 1.54) is 12.1 Å². The van der Waals surface area contributed by atoms with E-state index in [1.807, 2.05) is 0 Å². The van der Waals surface area contributed by atoms with Gasteiger partial charge in [-0.25, -0.2) is 4.79 Å². The molecule has 1 aromatic rings. The number of thioether (sulfide) groups is 1. The van der Waals surface area contributed by atoms with Gasteiger partial charge in [-0.05, 0) is 31.2 Å². The molecule has 0 spiro atoms. The lowest BCUT2D eigenvalue weighted by Gasteiger charge is -2.16. The second kappa shape index (κ2) is 8.80. The van der Waals surface area contributed by atoms with Gasteiger partial charge in [0.2, 0.25) is 11.8 Å². The zero-order valence-corrected chi connectivity index (χ0v) is 14.9. The average molecular weight is 404 g/mol. The number of halogens is 3. The summed E-state index contributed by atoms with van der Waals surface area (Å²) < 4.78 is 44.9. The Morgan fingerprint density at radius 1 is 1.30 bits per heavy atom. The molecular formula is C16H15F3N2O5S. The highest BCUT2D eigenvalue weighted by Gasteiger charge is 2.31. The van der Waals surface area contributed by atoms with Crippen molar-refractivity contribution in [1.29, 1.82) is 0 Å². The van der Waals surface area contributed by atoms with Crippen molar-refractivity contribution < 1.29 is 37.0 Å². The van der Waals surface area contributed by atoms with E-state index in [9.17, 15) is 27.6 Å². The molecule has 1 aromatic carbocycles. The second-order valence-electron chi connectivity index (χ2n) is 5.12. The van der Waals surface area contributed by atoms with Crippen LogP contribution >= 0.6 is 11.8 Å². The summed E-state index contributed by atoms with van der Waals surface area (Å²) in [6.45, 7) is 1.47. The number of alkyl halides is 3. The molecule has 0 aromatic heterocycles. The van der Waals surface area contributed by atoms with Gasteiger partial charge in [0.25, 0.3) is 0 Å². The second-order valence-corrected chi connectivity index (χ2v) is 6.12. The van der Waals surface area contributed by atoms with Crippen molar-refractivity contribution in [3.05, 3.63) is 35.4 Å². The maximum Gasteiger partial charge on any atom is 0.573 e. The Kier molecular flexibility index (Phi) is 6.72. The number of hydrogen-bond acceptors (Lipinski definition) is 6. The quantitative estimate of drug-likeness (QED) is 0.579. The van der Waals surface area contributed by atoms with E-state index in [-0.39, 0.29) is 30.5 Å². The zero-order chi connectivity index (χ0) is 20.0. The third-order valence-electron chi connectivity index (χ3n) is 3.11. The lowest BCUT2D eigenvalue weighted by Crippen LogP contribution is -2.34. The van der Waals surface area contributed by atoms with Crippen LogP contribution in [0.5, 0.6) is 5.75 Å². The lowest BCUT2D eigenvalue weighted by atomic mass is 10.3. The van der Waals surface area contributed by atoms with Crippen molar-refractivity contribution in [2.45, 2.75) is 13.3 Å². The summed E-state index contributed by atoms with van der Waals surface area (Å²) in [5.41, 5.74) is 0.227. The highest BCUT2D eigenvalue weighted by atomic mass is 32.2. The molecule has 1 heterocycles. The Bertz CT molecular complexity index is 749. The largest absolute Gasteiger partial charge is 0.573 e. The third-order valence-corrected chi connectivity index (χ3v) is 4.14. The minimum Gasteiger partial charge on any atom is -0.463 e. The van der Waals surface area contributed by atoms with E-state index >= 15 is 0 Å². The minimum absolute atomic E-state index is 0.0853. The fraction of sp³-hybridized carbons (Fsp3) is 0.312. The van der Waals surface area contributed by atoms with Gasteiger partial charge in [-0.3, -0.25) is 14.5 Å². The molecule has 0 bridgehead atoms.